The Morgan fingerprint density at radius 2 is 1.81 bits per heavy atom. The second kappa shape index (κ2) is 9.07. The van der Waals surface area contributed by atoms with Crippen LogP contribution in [0.2, 0.25) is 0 Å². The number of esters is 1. The molecule has 1 amide bonds. The minimum atomic E-state index is -0.790. The molecule has 0 unspecified atom stereocenters. The average molecular weight is 381 g/mol. The van der Waals surface area contributed by atoms with E-state index < -0.39 is 42.0 Å². The normalized spacial score (nSPS) is 11.6. The van der Waals surface area contributed by atoms with Crippen molar-refractivity contribution in [1.29, 1.82) is 0 Å². The maximum Gasteiger partial charge on any atom is 0.310 e. The van der Waals surface area contributed by atoms with Crippen LogP contribution in [-0.2, 0) is 20.7 Å². The summed E-state index contributed by atoms with van der Waals surface area (Å²) in [5.74, 6) is -3.46. The van der Waals surface area contributed by atoms with Crippen molar-refractivity contribution >= 4 is 11.9 Å². The molecule has 5 nitrogen and oxygen atoms in total. The van der Waals surface area contributed by atoms with Gasteiger partial charge in [-0.05, 0) is 30.7 Å². The molecule has 2 aromatic rings. The first-order valence-corrected chi connectivity index (χ1v) is 8.02. The first-order valence-electron chi connectivity index (χ1n) is 8.02. The molecule has 2 rings (SSSR count). The highest BCUT2D eigenvalue weighted by Crippen LogP contribution is 2.19. The molecule has 0 heterocycles. The summed E-state index contributed by atoms with van der Waals surface area (Å²) in [4.78, 5) is 23.6. The predicted molar refractivity (Wildman–Crippen MR) is 90.5 cm³/mol. The van der Waals surface area contributed by atoms with Crippen LogP contribution in [0.1, 0.15) is 24.1 Å². The molecule has 0 bridgehead atoms. The van der Waals surface area contributed by atoms with Gasteiger partial charge in [0.25, 0.3) is 5.91 Å². The van der Waals surface area contributed by atoms with Crippen molar-refractivity contribution in [1.82, 2.24) is 5.32 Å². The van der Waals surface area contributed by atoms with E-state index in [2.05, 4.69) is 5.32 Å². The molecule has 2 aromatic carbocycles. The maximum atomic E-state index is 13.7. The molecule has 0 fully saturated rings. The lowest BCUT2D eigenvalue weighted by Crippen LogP contribution is -2.31. The first-order chi connectivity index (χ1) is 12.8. The highest BCUT2D eigenvalue weighted by atomic mass is 19.1. The van der Waals surface area contributed by atoms with Gasteiger partial charge in [0, 0.05) is 11.6 Å². The third-order valence-corrected chi connectivity index (χ3v) is 3.74. The number of amides is 1. The minimum Gasteiger partial charge on any atom is -0.494 e. The number of methoxy groups -OCH3 is 1. The Morgan fingerprint density at radius 1 is 1.07 bits per heavy atom. The summed E-state index contributed by atoms with van der Waals surface area (Å²) in [6.07, 6.45) is -0.226. The zero-order valence-corrected chi connectivity index (χ0v) is 14.7. The molecule has 0 saturated carbocycles. The van der Waals surface area contributed by atoms with Gasteiger partial charge in [-0.1, -0.05) is 12.1 Å². The Labute approximate surface area is 154 Å². The Morgan fingerprint density at radius 3 is 2.44 bits per heavy atom. The summed E-state index contributed by atoms with van der Waals surface area (Å²) < 4.78 is 49.8. The highest BCUT2D eigenvalue weighted by molar-refractivity contribution is 5.81. The van der Waals surface area contributed by atoms with Crippen molar-refractivity contribution in [2.24, 2.45) is 0 Å². The summed E-state index contributed by atoms with van der Waals surface area (Å²) >= 11 is 0. The number of halogens is 3. The van der Waals surface area contributed by atoms with Crippen LogP contribution in [0, 0.1) is 17.5 Å². The van der Waals surface area contributed by atoms with Gasteiger partial charge in [0.15, 0.2) is 18.2 Å². The summed E-state index contributed by atoms with van der Waals surface area (Å²) in [6, 6.07) is 6.29. The second-order valence-electron chi connectivity index (χ2n) is 5.76. The van der Waals surface area contributed by atoms with E-state index in [4.69, 9.17) is 9.47 Å². The smallest absolute Gasteiger partial charge is 0.310 e. The molecule has 0 spiro atoms. The summed E-state index contributed by atoms with van der Waals surface area (Å²) in [5.41, 5.74) is 0.463. The van der Waals surface area contributed by atoms with Crippen molar-refractivity contribution in [2.75, 3.05) is 13.7 Å². The summed E-state index contributed by atoms with van der Waals surface area (Å²) in [6.45, 7) is 0.931. The molecule has 1 N–H and O–H groups in total. The van der Waals surface area contributed by atoms with Crippen LogP contribution in [-0.4, -0.2) is 25.6 Å². The SMILES string of the molecule is COc1ccc(CC(=O)OCC(=O)N[C@H](C)c2ccc(F)cc2F)cc1F. The van der Waals surface area contributed by atoms with Gasteiger partial charge in [0.05, 0.1) is 19.6 Å². The monoisotopic (exact) mass is 381 g/mol. The topological polar surface area (TPSA) is 64.6 Å². The number of rotatable bonds is 7. The van der Waals surface area contributed by atoms with Crippen molar-refractivity contribution in [3.05, 3.63) is 65.0 Å². The zero-order chi connectivity index (χ0) is 20.0. The third kappa shape index (κ3) is 5.73. The number of ether oxygens (including phenoxy) is 2. The largest absolute Gasteiger partial charge is 0.494 e. The Balaban J connectivity index is 1.84. The molecule has 0 aliphatic rings. The van der Waals surface area contributed by atoms with E-state index in [1.54, 1.807) is 0 Å². The van der Waals surface area contributed by atoms with Gasteiger partial charge in [-0.15, -0.1) is 0 Å². The van der Waals surface area contributed by atoms with Crippen LogP contribution >= 0.6 is 0 Å². The number of nitrogens with one attached hydrogen (secondary N) is 1. The molecule has 0 aliphatic carbocycles. The fourth-order valence-corrected chi connectivity index (χ4v) is 2.40. The van der Waals surface area contributed by atoms with E-state index in [9.17, 15) is 22.8 Å². The third-order valence-electron chi connectivity index (χ3n) is 3.74. The van der Waals surface area contributed by atoms with Gasteiger partial charge < -0.3 is 14.8 Å². The lowest BCUT2D eigenvalue weighted by Gasteiger charge is -2.15. The van der Waals surface area contributed by atoms with Crippen LogP contribution in [0.3, 0.4) is 0 Å². The van der Waals surface area contributed by atoms with Crippen molar-refractivity contribution in [2.45, 2.75) is 19.4 Å². The summed E-state index contributed by atoms with van der Waals surface area (Å²) in [7, 11) is 1.32. The first kappa shape index (κ1) is 20.3. The number of carbonyl (C=O) groups is 2. The number of hydrogen-bond acceptors (Lipinski definition) is 4. The second-order valence-corrected chi connectivity index (χ2v) is 5.76. The Hall–Kier alpha value is -3.03. The van der Waals surface area contributed by atoms with Crippen LogP contribution in [0.15, 0.2) is 36.4 Å². The highest BCUT2D eigenvalue weighted by Gasteiger charge is 2.16. The zero-order valence-electron chi connectivity index (χ0n) is 14.7. The van der Waals surface area contributed by atoms with Gasteiger partial charge in [0.1, 0.15) is 11.6 Å². The van der Waals surface area contributed by atoms with E-state index >= 15 is 0 Å². The standard InChI is InChI=1S/C19H18F3NO4/c1-11(14-5-4-13(20)9-15(14)21)23-18(24)10-27-19(25)8-12-3-6-17(26-2)16(22)7-12/h3-7,9,11H,8,10H2,1-2H3,(H,23,24)/t11-/m1/s1. The molecule has 144 valence electrons. The van der Waals surface area contributed by atoms with E-state index in [-0.39, 0.29) is 17.7 Å². The Bertz CT molecular complexity index is 842. The lowest BCUT2D eigenvalue weighted by atomic mass is 10.1. The molecule has 8 heteroatoms. The van der Waals surface area contributed by atoms with Gasteiger partial charge in [-0.25, -0.2) is 13.2 Å². The van der Waals surface area contributed by atoms with Gasteiger partial charge in [-0.3, -0.25) is 9.59 Å². The number of hydrogen-bond donors (Lipinski definition) is 1. The molecular formula is C19H18F3NO4. The molecule has 0 saturated heterocycles. The molecule has 0 radical (unpaired) electrons. The molecule has 1 atom stereocenters. The number of benzene rings is 2. The van der Waals surface area contributed by atoms with Gasteiger partial charge >= 0.3 is 5.97 Å². The van der Waals surface area contributed by atoms with Crippen molar-refractivity contribution < 1.29 is 32.2 Å². The van der Waals surface area contributed by atoms with Crippen molar-refractivity contribution in [3.8, 4) is 5.75 Å². The average Bonchev–Trinajstić information content (AvgIpc) is 2.60. The van der Waals surface area contributed by atoms with Crippen LogP contribution < -0.4 is 10.1 Å². The van der Waals surface area contributed by atoms with Crippen LogP contribution in [0.25, 0.3) is 0 Å². The van der Waals surface area contributed by atoms with Crippen LogP contribution in [0.4, 0.5) is 13.2 Å². The molecule has 27 heavy (non-hydrogen) atoms. The fourth-order valence-electron chi connectivity index (χ4n) is 2.40. The van der Waals surface area contributed by atoms with Crippen LogP contribution in [0.5, 0.6) is 5.75 Å². The molecule has 0 aliphatic heterocycles. The van der Waals surface area contributed by atoms with E-state index in [0.29, 0.717) is 11.6 Å². The minimum absolute atomic E-state index is 0.0495. The Kier molecular flexibility index (Phi) is 6.81. The van der Waals surface area contributed by atoms with E-state index in [1.165, 1.54) is 32.2 Å². The van der Waals surface area contributed by atoms with E-state index in [0.717, 1.165) is 12.1 Å². The molecular weight excluding hydrogens is 363 g/mol. The summed E-state index contributed by atoms with van der Waals surface area (Å²) in [5, 5.41) is 2.44. The fraction of sp³-hybridized carbons (Fsp3) is 0.263. The quantitative estimate of drug-likeness (QED) is 0.749. The van der Waals surface area contributed by atoms with Crippen molar-refractivity contribution in [3.63, 3.8) is 0 Å². The number of carbonyl (C=O) groups excluding carboxylic acids is 2. The van der Waals surface area contributed by atoms with Gasteiger partial charge in [0.2, 0.25) is 0 Å². The maximum absolute atomic E-state index is 13.7. The van der Waals surface area contributed by atoms with E-state index in [1.807, 2.05) is 0 Å². The molecule has 0 aromatic heterocycles. The lowest BCUT2D eigenvalue weighted by molar-refractivity contribution is -0.148. The van der Waals surface area contributed by atoms with Gasteiger partial charge in [-0.2, -0.15) is 0 Å². The predicted octanol–water partition coefficient (Wildman–Crippen LogP) is 3.08.